The summed E-state index contributed by atoms with van der Waals surface area (Å²) in [6.07, 6.45) is 0. The summed E-state index contributed by atoms with van der Waals surface area (Å²) in [5, 5.41) is 0.635. The Kier molecular flexibility index (Phi) is 5.09. The molecule has 2 aromatic carbocycles. The zero-order valence-corrected chi connectivity index (χ0v) is 13.8. The van der Waals surface area contributed by atoms with Crippen LogP contribution in [-0.2, 0) is 4.79 Å². The van der Waals surface area contributed by atoms with Crippen LogP contribution in [0.25, 0.3) is 0 Å². The van der Waals surface area contributed by atoms with E-state index in [4.69, 9.17) is 16.3 Å². The molecule has 0 unspecified atom stereocenters. The molecule has 0 saturated heterocycles. The molecule has 2 aromatic rings. The second kappa shape index (κ2) is 6.84. The van der Waals surface area contributed by atoms with Gasteiger partial charge in [0.2, 0.25) is 0 Å². The minimum atomic E-state index is -0.973. The molecular weight excluding hydrogens is 298 g/mol. The third-order valence-corrected chi connectivity index (χ3v) is 3.58. The second-order valence-corrected chi connectivity index (χ2v) is 5.89. The van der Waals surface area contributed by atoms with Gasteiger partial charge >= 0.3 is 0 Å². The van der Waals surface area contributed by atoms with Crippen LogP contribution < -0.4 is 9.64 Å². The van der Waals surface area contributed by atoms with Gasteiger partial charge in [0, 0.05) is 17.3 Å². The lowest BCUT2D eigenvalue weighted by Gasteiger charge is -2.31. The van der Waals surface area contributed by atoms with E-state index in [1.807, 2.05) is 37.3 Å². The fourth-order valence-corrected chi connectivity index (χ4v) is 2.34. The topological polar surface area (TPSA) is 29.5 Å². The fraction of sp³-hybridized carbons (Fsp3) is 0.278. The normalized spacial score (nSPS) is 11.1. The van der Waals surface area contributed by atoms with Gasteiger partial charge in [0.05, 0.1) is 0 Å². The van der Waals surface area contributed by atoms with Gasteiger partial charge in [-0.2, -0.15) is 0 Å². The van der Waals surface area contributed by atoms with E-state index in [-0.39, 0.29) is 5.91 Å². The summed E-state index contributed by atoms with van der Waals surface area (Å²) in [4.78, 5) is 14.6. The van der Waals surface area contributed by atoms with E-state index in [1.165, 1.54) is 0 Å². The van der Waals surface area contributed by atoms with Gasteiger partial charge in [0.15, 0.2) is 5.60 Å². The van der Waals surface area contributed by atoms with Gasteiger partial charge in [-0.15, -0.1) is 0 Å². The van der Waals surface area contributed by atoms with Crippen molar-refractivity contribution in [3.8, 4) is 5.75 Å². The van der Waals surface area contributed by atoms with Crippen LogP contribution in [0, 0.1) is 0 Å². The number of rotatable bonds is 5. The Hall–Kier alpha value is -2.00. The molecule has 0 N–H and O–H groups in total. The molecule has 0 aliphatic heterocycles. The molecule has 0 aromatic heterocycles. The molecule has 0 radical (unpaired) electrons. The number of nitrogens with zero attached hydrogens (tertiary/aromatic N) is 1. The Bertz CT molecular complexity index is 623. The second-order valence-electron chi connectivity index (χ2n) is 5.45. The minimum absolute atomic E-state index is 0.0869. The largest absolute Gasteiger partial charge is 0.478 e. The van der Waals surface area contributed by atoms with Gasteiger partial charge in [0.25, 0.3) is 5.91 Å². The van der Waals surface area contributed by atoms with Crippen molar-refractivity contribution in [1.82, 2.24) is 0 Å². The van der Waals surface area contributed by atoms with E-state index in [0.29, 0.717) is 17.3 Å². The quantitative estimate of drug-likeness (QED) is 0.809. The molecule has 0 aliphatic carbocycles. The number of hydrogen-bond donors (Lipinski definition) is 0. The maximum absolute atomic E-state index is 12.8. The minimum Gasteiger partial charge on any atom is -0.478 e. The van der Waals surface area contributed by atoms with Crippen molar-refractivity contribution in [3.63, 3.8) is 0 Å². The van der Waals surface area contributed by atoms with Gasteiger partial charge in [-0.1, -0.05) is 29.8 Å². The fourth-order valence-electron chi connectivity index (χ4n) is 2.22. The number of benzene rings is 2. The molecule has 0 bridgehead atoms. The molecule has 0 fully saturated rings. The van der Waals surface area contributed by atoms with E-state index in [0.717, 1.165) is 5.69 Å². The first-order valence-electron chi connectivity index (χ1n) is 7.25. The van der Waals surface area contributed by atoms with Crippen molar-refractivity contribution in [3.05, 3.63) is 59.6 Å². The van der Waals surface area contributed by atoms with Crippen LogP contribution in [-0.4, -0.2) is 18.1 Å². The number of para-hydroxylation sites is 1. The lowest BCUT2D eigenvalue weighted by atomic mass is 10.1. The summed E-state index contributed by atoms with van der Waals surface area (Å²) in [5.41, 5.74) is -0.109. The van der Waals surface area contributed by atoms with Gasteiger partial charge in [-0.05, 0) is 57.2 Å². The molecule has 4 heteroatoms. The SMILES string of the molecule is CCN(C(=O)C(C)(C)Oc1ccc(Cl)cc1)c1ccccc1. The van der Waals surface area contributed by atoms with E-state index < -0.39 is 5.60 Å². The van der Waals surface area contributed by atoms with Gasteiger partial charge in [-0.25, -0.2) is 0 Å². The molecule has 0 heterocycles. The lowest BCUT2D eigenvalue weighted by molar-refractivity contribution is -0.131. The number of carbonyl (C=O) groups excluding carboxylic acids is 1. The van der Waals surface area contributed by atoms with Crippen LogP contribution in [0.1, 0.15) is 20.8 Å². The van der Waals surface area contributed by atoms with Crippen molar-refractivity contribution in [2.24, 2.45) is 0 Å². The number of ether oxygens (including phenoxy) is 1. The van der Waals surface area contributed by atoms with E-state index >= 15 is 0 Å². The highest BCUT2D eigenvalue weighted by molar-refractivity contribution is 6.30. The predicted octanol–water partition coefficient (Wildman–Crippen LogP) is 4.55. The lowest BCUT2D eigenvalue weighted by Crippen LogP contribution is -2.49. The summed E-state index contributed by atoms with van der Waals surface area (Å²) >= 11 is 5.87. The number of hydrogen-bond acceptors (Lipinski definition) is 2. The maximum Gasteiger partial charge on any atom is 0.270 e. The predicted molar refractivity (Wildman–Crippen MR) is 90.6 cm³/mol. The summed E-state index contributed by atoms with van der Waals surface area (Å²) < 4.78 is 5.87. The Labute approximate surface area is 136 Å². The van der Waals surface area contributed by atoms with Crippen LogP contribution >= 0.6 is 11.6 Å². The zero-order chi connectivity index (χ0) is 16.2. The number of likely N-dealkylation sites (N-methyl/N-ethyl adjacent to an activating group) is 1. The van der Waals surface area contributed by atoms with Crippen molar-refractivity contribution in [1.29, 1.82) is 0 Å². The average Bonchev–Trinajstić information content (AvgIpc) is 2.51. The third kappa shape index (κ3) is 3.80. The van der Waals surface area contributed by atoms with Crippen LogP contribution in [0.5, 0.6) is 5.75 Å². The van der Waals surface area contributed by atoms with Crippen LogP contribution in [0.3, 0.4) is 0 Å². The van der Waals surface area contributed by atoms with E-state index in [2.05, 4.69) is 0 Å². The van der Waals surface area contributed by atoms with Crippen LogP contribution in [0.15, 0.2) is 54.6 Å². The maximum atomic E-state index is 12.8. The number of halogens is 1. The Morgan fingerprint density at radius 1 is 1.09 bits per heavy atom. The van der Waals surface area contributed by atoms with Gasteiger partial charge < -0.3 is 9.64 Å². The number of anilines is 1. The Balaban J connectivity index is 2.19. The highest BCUT2D eigenvalue weighted by Gasteiger charge is 2.34. The molecular formula is C18H20ClNO2. The summed E-state index contributed by atoms with van der Waals surface area (Å²) in [5.74, 6) is 0.531. The van der Waals surface area contributed by atoms with Crippen molar-refractivity contribution >= 4 is 23.2 Å². The number of amides is 1. The third-order valence-electron chi connectivity index (χ3n) is 3.33. The average molecular weight is 318 g/mol. The van der Waals surface area contributed by atoms with Crippen LogP contribution in [0.4, 0.5) is 5.69 Å². The first-order chi connectivity index (χ1) is 10.4. The standard InChI is InChI=1S/C18H20ClNO2/c1-4-20(15-8-6-5-7-9-15)17(21)18(2,3)22-16-12-10-14(19)11-13-16/h5-13H,4H2,1-3H3. The highest BCUT2D eigenvalue weighted by atomic mass is 35.5. The highest BCUT2D eigenvalue weighted by Crippen LogP contribution is 2.24. The summed E-state index contributed by atoms with van der Waals surface area (Å²) in [7, 11) is 0. The van der Waals surface area contributed by atoms with Gasteiger partial charge in [0.1, 0.15) is 5.75 Å². The molecule has 3 nitrogen and oxygen atoms in total. The van der Waals surface area contributed by atoms with Crippen LogP contribution in [0.2, 0.25) is 5.02 Å². The molecule has 2 rings (SSSR count). The summed E-state index contributed by atoms with van der Waals surface area (Å²) in [6.45, 7) is 6.07. The molecule has 22 heavy (non-hydrogen) atoms. The van der Waals surface area contributed by atoms with Crippen molar-refractivity contribution in [2.45, 2.75) is 26.4 Å². The molecule has 0 atom stereocenters. The summed E-state index contributed by atoms with van der Waals surface area (Å²) in [6, 6.07) is 16.6. The Morgan fingerprint density at radius 2 is 1.68 bits per heavy atom. The first-order valence-corrected chi connectivity index (χ1v) is 7.63. The zero-order valence-electron chi connectivity index (χ0n) is 13.0. The monoisotopic (exact) mass is 317 g/mol. The molecule has 1 amide bonds. The Morgan fingerprint density at radius 3 is 2.23 bits per heavy atom. The molecule has 116 valence electrons. The molecule has 0 saturated carbocycles. The van der Waals surface area contributed by atoms with Crippen molar-refractivity contribution in [2.75, 3.05) is 11.4 Å². The molecule has 0 aliphatic rings. The van der Waals surface area contributed by atoms with E-state index in [1.54, 1.807) is 43.0 Å². The smallest absolute Gasteiger partial charge is 0.270 e. The number of carbonyl (C=O) groups is 1. The van der Waals surface area contributed by atoms with Crippen molar-refractivity contribution < 1.29 is 9.53 Å². The van der Waals surface area contributed by atoms with Gasteiger partial charge in [-0.3, -0.25) is 4.79 Å². The molecule has 0 spiro atoms. The van der Waals surface area contributed by atoms with E-state index in [9.17, 15) is 4.79 Å². The first kappa shape index (κ1) is 16.4.